The number of carbonyl (C=O) groups excluding carboxylic acids is 2. The number of benzene rings is 1. The van der Waals surface area contributed by atoms with Gasteiger partial charge in [0.1, 0.15) is 5.78 Å². The molecule has 0 aromatic heterocycles. The summed E-state index contributed by atoms with van der Waals surface area (Å²) < 4.78 is 0. The Morgan fingerprint density at radius 3 is 2.19 bits per heavy atom. The lowest BCUT2D eigenvalue weighted by Crippen LogP contribution is -2.42. The van der Waals surface area contributed by atoms with Crippen molar-refractivity contribution < 1.29 is 14.7 Å². The zero-order valence-electron chi connectivity index (χ0n) is 16.2. The average molecular weight is 414 g/mol. The van der Waals surface area contributed by atoms with Crippen molar-refractivity contribution in [3.05, 3.63) is 27.7 Å². The van der Waals surface area contributed by atoms with Gasteiger partial charge in [0.05, 0.1) is 10.7 Å². The average Bonchev–Trinajstić information content (AvgIpc) is 2.82. The predicted molar refractivity (Wildman–Crippen MR) is 111 cm³/mol. The van der Waals surface area contributed by atoms with Crippen molar-refractivity contribution in [2.45, 2.75) is 77.2 Å². The Morgan fingerprint density at radius 2 is 1.59 bits per heavy atom. The molecule has 0 fully saturated rings. The second-order valence-corrected chi connectivity index (χ2v) is 8.24. The number of hydrogen-bond acceptors (Lipinski definition) is 3. The first-order chi connectivity index (χ1) is 12.8. The summed E-state index contributed by atoms with van der Waals surface area (Å²) in [5.41, 5.74) is -1.22. The van der Waals surface area contributed by atoms with E-state index in [4.69, 9.17) is 23.2 Å². The van der Waals surface area contributed by atoms with Crippen LogP contribution in [0.5, 0.6) is 0 Å². The first-order valence-corrected chi connectivity index (χ1v) is 10.6. The molecule has 1 aliphatic rings. The molecule has 0 saturated carbocycles. The van der Waals surface area contributed by atoms with Crippen LogP contribution in [0.4, 0.5) is 5.69 Å². The van der Waals surface area contributed by atoms with E-state index in [9.17, 15) is 14.7 Å². The predicted octanol–water partition coefficient (Wildman–Crippen LogP) is 5.65. The Hall–Kier alpha value is -1.10. The van der Waals surface area contributed by atoms with Crippen molar-refractivity contribution in [1.82, 2.24) is 0 Å². The maximum Gasteiger partial charge on any atom is 0.264 e. The number of hydrogen-bond donors (Lipinski definition) is 1. The number of anilines is 1. The lowest BCUT2D eigenvalue weighted by Gasteiger charge is -2.22. The van der Waals surface area contributed by atoms with Gasteiger partial charge in [-0.05, 0) is 25.5 Å². The summed E-state index contributed by atoms with van der Waals surface area (Å²) in [4.78, 5) is 26.1. The van der Waals surface area contributed by atoms with Crippen LogP contribution in [0.15, 0.2) is 12.1 Å². The van der Waals surface area contributed by atoms with E-state index in [2.05, 4.69) is 6.92 Å². The van der Waals surface area contributed by atoms with E-state index in [0.29, 0.717) is 17.3 Å². The van der Waals surface area contributed by atoms with Crippen LogP contribution >= 0.6 is 23.2 Å². The minimum absolute atomic E-state index is 0.255. The number of carbonyl (C=O) groups is 2. The molecule has 1 N–H and O–H groups in total. The van der Waals surface area contributed by atoms with Gasteiger partial charge in [-0.15, -0.1) is 0 Å². The molecule has 1 aromatic carbocycles. The topological polar surface area (TPSA) is 57.6 Å². The quantitative estimate of drug-likeness (QED) is 0.476. The highest BCUT2D eigenvalue weighted by molar-refractivity contribution is 6.38. The Morgan fingerprint density at radius 1 is 1.04 bits per heavy atom. The van der Waals surface area contributed by atoms with Gasteiger partial charge in [0.25, 0.3) is 5.91 Å². The van der Waals surface area contributed by atoms with Crippen LogP contribution in [0.1, 0.15) is 77.2 Å². The van der Waals surface area contributed by atoms with Crippen LogP contribution in [0.3, 0.4) is 0 Å². The maximum absolute atomic E-state index is 13.0. The molecule has 0 bridgehead atoms. The molecule has 2 rings (SSSR count). The summed E-state index contributed by atoms with van der Waals surface area (Å²) in [5, 5.41) is 11.6. The lowest BCUT2D eigenvalue weighted by molar-refractivity contribution is -0.141. The Bertz CT molecular complexity index is 692. The second kappa shape index (κ2) is 9.90. The smallest absolute Gasteiger partial charge is 0.264 e. The molecule has 1 atom stereocenters. The number of amides is 1. The van der Waals surface area contributed by atoms with Gasteiger partial charge in [-0.2, -0.15) is 0 Å². The third kappa shape index (κ3) is 5.04. The largest absolute Gasteiger partial charge is 0.375 e. The van der Waals surface area contributed by atoms with Crippen molar-refractivity contribution in [1.29, 1.82) is 0 Å². The first kappa shape index (κ1) is 22.2. The summed E-state index contributed by atoms with van der Waals surface area (Å²) in [6.45, 7) is 4.02. The zero-order valence-corrected chi connectivity index (χ0v) is 17.7. The molecule has 0 radical (unpaired) electrons. The molecule has 0 spiro atoms. The molecule has 0 aliphatic carbocycles. The van der Waals surface area contributed by atoms with Gasteiger partial charge in [-0.25, -0.2) is 0 Å². The van der Waals surface area contributed by atoms with Crippen LogP contribution in [-0.4, -0.2) is 23.3 Å². The Kier molecular flexibility index (Phi) is 8.14. The monoisotopic (exact) mass is 413 g/mol. The van der Waals surface area contributed by atoms with Gasteiger partial charge in [0.2, 0.25) is 0 Å². The summed E-state index contributed by atoms with van der Waals surface area (Å²) in [7, 11) is 0. The van der Waals surface area contributed by atoms with E-state index in [1.165, 1.54) is 43.9 Å². The summed E-state index contributed by atoms with van der Waals surface area (Å²) in [5.74, 6) is -0.785. The maximum atomic E-state index is 13.0. The molecule has 1 heterocycles. The van der Waals surface area contributed by atoms with Crippen molar-refractivity contribution in [3.8, 4) is 0 Å². The molecule has 4 nitrogen and oxygen atoms in total. The number of rotatable bonds is 11. The highest BCUT2D eigenvalue weighted by atomic mass is 35.5. The molecule has 6 heteroatoms. The van der Waals surface area contributed by atoms with Crippen molar-refractivity contribution in [2.24, 2.45) is 0 Å². The number of nitrogens with zero attached hydrogens (tertiary/aromatic N) is 1. The van der Waals surface area contributed by atoms with E-state index in [1.54, 1.807) is 12.1 Å². The number of unbranched alkanes of at least 4 members (excludes halogenated alkanes) is 7. The van der Waals surface area contributed by atoms with Gasteiger partial charge in [0.15, 0.2) is 5.60 Å². The fraction of sp³-hybridized carbons (Fsp3) is 0.619. The van der Waals surface area contributed by atoms with Gasteiger partial charge < -0.3 is 10.0 Å². The third-order valence-corrected chi connectivity index (χ3v) is 5.72. The second-order valence-electron chi connectivity index (χ2n) is 7.42. The molecule has 150 valence electrons. The number of ketones is 1. The first-order valence-electron chi connectivity index (χ1n) is 9.85. The van der Waals surface area contributed by atoms with Crippen LogP contribution in [0.25, 0.3) is 0 Å². The summed E-state index contributed by atoms with van der Waals surface area (Å²) in [6.07, 6.45) is 8.90. The fourth-order valence-electron chi connectivity index (χ4n) is 3.77. The number of aliphatic hydroxyl groups is 1. The van der Waals surface area contributed by atoms with E-state index < -0.39 is 11.5 Å². The van der Waals surface area contributed by atoms with E-state index >= 15 is 0 Å². The number of halogens is 2. The van der Waals surface area contributed by atoms with Crippen molar-refractivity contribution >= 4 is 40.6 Å². The van der Waals surface area contributed by atoms with E-state index in [-0.39, 0.29) is 22.8 Å². The summed E-state index contributed by atoms with van der Waals surface area (Å²) in [6, 6.07) is 3.18. The highest BCUT2D eigenvalue weighted by Gasteiger charge is 2.52. The van der Waals surface area contributed by atoms with Crippen LogP contribution in [0, 0.1) is 0 Å². The number of fused-ring (bicyclic) bond motifs is 1. The minimum Gasteiger partial charge on any atom is -0.375 e. The third-order valence-electron chi connectivity index (χ3n) is 5.10. The van der Waals surface area contributed by atoms with E-state index in [0.717, 1.165) is 19.3 Å². The molecule has 0 saturated heterocycles. The van der Waals surface area contributed by atoms with Gasteiger partial charge in [-0.3, -0.25) is 9.59 Å². The molecule has 1 unspecified atom stereocenters. The Balaban J connectivity index is 2.07. The lowest BCUT2D eigenvalue weighted by atomic mass is 9.90. The van der Waals surface area contributed by atoms with Crippen LogP contribution in [-0.2, 0) is 15.2 Å². The SMILES string of the molecule is CCCCCCCCCCN1C(=O)C(O)(CC(C)=O)c2c(Cl)ccc(Cl)c21. The van der Waals surface area contributed by atoms with Gasteiger partial charge >= 0.3 is 0 Å². The molecule has 1 aliphatic heterocycles. The standard InChI is InChI=1S/C21H29Cl2NO3/c1-3-4-5-6-7-8-9-10-13-24-19-17(23)12-11-16(22)18(19)21(27,20(24)26)14-15(2)25/h11-12,27H,3-10,13-14H2,1-2H3. The number of Topliss-reactive ketones (excluding diaryl/α,β-unsaturated/α-hetero) is 1. The molecular weight excluding hydrogens is 385 g/mol. The zero-order chi connectivity index (χ0) is 20.0. The molecule has 1 amide bonds. The normalized spacial score (nSPS) is 18.9. The summed E-state index contributed by atoms with van der Waals surface area (Å²) >= 11 is 12.6. The molecule has 1 aromatic rings. The highest BCUT2D eigenvalue weighted by Crippen LogP contribution is 2.49. The molecular formula is C21H29Cl2NO3. The van der Waals surface area contributed by atoms with Crippen LogP contribution in [0.2, 0.25) is 10.0 Å². The van der Waals surface area contributed by atoms with Crippen molar-refractivity contribution in [3.63, 3.8) is 0 Å². The minimum atomic E-state index is -1.93. The van der Waals surface area contributed by atoms with Crippen molar-refractivity contribution in [2.75, 3.05) is 11.4 Å². The molecule has 27 heavy (non-hydrogen) atoms. The van der Waals surface area contributed by atoms with Crippen LogP contribution < -0.4 is 4.90 Å². The fourth-order valence-corrected chi connectivity index (χ4v) is 4.34. The van der Waals surface area contributed by atoms with Gasteiger partial charge in [0, 0.05) is 23.6 Å². The van der Waals surface area contributed by atoms with Gasteiger partial charge in [-0.1, -0.05) is 75.1 Å². The Labute approximate surface area is 171 Å². The van der Waals surface area contributed by atoms with E-state index in [1.807, 2.05) is 0 Å².